The Kier molecular flexibility index (Phi) is 7.00. The molecule has 0 spiro atoms. The van der Waals surface area contributed by atoms with E-state index in [1.165, 1.54) is 5.56 Å². The van der Waals surface area contributed by atoms with Crippen LogP contribution in [-0.4, -0.2) is 25.4 Å². The highest BCUT2D eigenvalue weighted by Gasteiger charge is 2.11. The average molecular weight is 344 g/mol. The molecule has 114 valence electrons. The molecule has 1 aromatic carbocycles. The number of hydrogen-bond donors (Lipinski definition) is 1. The van der Waals surface area contributed by atoms with E-state index in [1.807, 2.05) is 32.9 Å². The number of ether oxygens (including phenoxy) is 2. The van der Waals surface area contributed by atoms with Crippen molar-refractivity contribution in [3.8, 4) is 5.75 Å². The highest BCUT2D eigenvalue weighted by Crippen LogP contribution is 2.27. The van der Waals surface area contributed by atoms with Crippen LogP contribution in [0.15, 0.2) is 22.7 Å². The van der Waals surface area contributed by atoms with Gasteiger partial charge in [0.15, 0.2) is 0 Å². The van der Waals surface area contributed by atoms with Gasteiger partial charge in [0.2, 0.25) is 0 Å². The lowest BCUT2D eigenvalue weighted by Crippen LogP contribution is -2.22. The van der Waals surface area contributed by atoms with Crippen molar-refractivity contribution in [2.75, 3.05) is 19.8 Å². The fraction of sp³-hybridized carbons (Fsp3) is 0.625. The molecule has 3 nitrogen and oxygen atoms in total. The number of nitrogens with one attached hydrogen (secondary N) is 1. The van der Waals surface area contributed by atoms with Crippen LogP contribution in [-0.2, 0) is 4.74 Å². The number of hydrogen-bond acceptors (Lipinski definition) is 3. The molecule has 20 heavy (non-hydrogen) atoms. The number of benzene rings is 1. The molecule has 0 aromatic heterocycles. The van der Waals surface area contributed by atoms with Crippen LogP contribution in [0.2, 0.25) is 0 Å². The molecule has 1 aromatic rings. The van der Waals surface area contributed by atoms with Crippen LogP contribution in [0.3, 0.4) is 0 Å². The lowest BCUT2D eigenvalue weighted by atomic mass is 10.1. The van der Waals surface area contributed by atoms with Gasteiger partial charge in [0, 0.05) is 10.5 Å². The van der Waals surface area contributed by atoms with Gasteiger partial charge in [-0.1, -0.05) is 28.9 Å². The second-order valence-electron chi connectivity index (χ2n) is 5.77. The van der Waals surface area contributed by atoms with E-state index in [2.05, 4.69) is 41.2 Å². The van der Waals surface area contributed by atoms with Gasteiger partial charge in [-0.05, 0) is 51.9 Å². The molecule has 0 radical (unpaired) electrons. The molecule has 0 aliphatic carbocycles. The Morgan fingerprint density at radius 1 is 1.25 bits per heavy atom. The highest BCUT2D eigenvalue weighted by atomic mass is 79.9. The van der Waals surface area contributed by atoms with Gasteiger partial charge >= 0.3 is 0 Å². The average Bonchev–Trinajstić information content (AvgIpc) is 2.34. The summed E-state index contributed by atoms with van der Waals surface area (Å²) in [6, 6.07) is 6.44. The van der Waals surface area contributed by atoms with E-state index < -0.39 is 0 Å². The Bertz CT molecular complexity index is 415. The zero-order valence-corrected chi connectivity index (χ0v) is 14.7. The van der Waals surface area contributed by atoms with Crippen molar-refractivity contribution < 1.29 is 9.47 Å². The van der Waals surface area contributed by atoms with Gasteiger partial charge in [0.1, 0.15) is 12.4 Å². The van der Waals surface area contributed by atoms with Crippen molar-refractivity contribution in [2.45, 2.75) is 46.3 Å². The molecule has 1 atom stereocenters. The van der Waals surface area contributed by atoms with Crippen molar-refractivity contribution in [3.63, 3.8) is 0 Å². The fourth-order valence-electron chi connectivity index (χ4n) is 1.87. The summed E-state index contributed by atoms with van der Waals surface area (Å²) in [4.78, 5) is 0. The van der Waals surface area contributed by atoms with Crippen LogP contribution < -0.4 is 10.1 Å². The Morgan fingerprint density at radius 2 is 1.95 bits per heavy atom. The molecule has 0 aliphatic heterocycles. The minimum absolute atomic E-state index is 0.116. The molecule has 0 bridgehead atoms. The van der Waals surface area contributed by atoms with Crippen LogP contribution in [0.1, 0.15) is 46.2 Å². The van der Waals surface area contributed by atoms with Crippen LogP contribution in [0, 0.1) is 0 Å². The third-order valence-electron chi connectivity index (χ3n) is 2.84. The van der Waals surface area contributed by atoms with Crippen molar-refractivity contribution in [2.24, 2.45) is 0 Å². The van der Waals surface area contributed by atoms with E-state index in [4.69, 9.17) is 9.47 Å². The van der Waals surface area contributed by atoms with E-state index in [0.717, 1.165) is 16.8 Å². The van der Waals surface area contributed by atoms with Gasteiger partial charge in [0.05, 0.1) is 12.2 Å². The topological polar surface area (TPSA) is 30.5 Å². The van der Waals surface area contributed by atoms with Gasteiger partial charge in [-0.25, -0.2) is 0 Å². The lowest BCUT2D eigenvalue weighted by Gasteiger charge is -2.20. The maximum Gasteiger partial charge on any atom is 0.120 e. The fourth-order valence-corrected chi connectivity index (χ4v) is 2.57. The molecular formula is C16H26BrNO2. The molecular weight excluding hydrogens is 318 g/mol. The molecule has 1 N–H and O–H groups in total. The van der Waals surface area contributed by atoms with Crippen LogP contribution >= 0.6 is 15.9 Å². The first-order chi connectivity index (χ1) is 9.33. The first-order valence-corrected chi connectivity index (χ1v) is 7.92. The maximum atomic E-state index is 5.70. The zero-order chi connectivity index (χ0) is 15.2. The van der Waals surface area contributed by atoms with Crippen molar-refractivity contribution >= 4 is 15.9 Å². The van der Waals surface area contributed by atoms with E-state index in [0.29, 0.717) is 19.3 Å². The molecule has 4 heteroatoms. The van der Waals surface area contributed by atoms with Gasteiger partial charge in [-0.2, -0.15) is 0 Å². The van der Waals surface area contributed by atoms with E-state index in [9.17, 15) is 0 Å². The zero-order valence-electron chi connectivity index (χ0n) is 13.1. The summed E-state index contributed by atoms with van der Waals surface area (Å²) in [6.07, 6.45) is 0. The van der Waals surface area contributed by atoms with Gasteiger partial charge < -0.3 is 14.8 Å². The van der Waals surface area contributed by atoms with Gasteiger partial charge in [-0.15, -0.1) is 0 Å². The smallest absolute Gasteiger partial charge is 0.120 e. The predicted octanol–water partition coefficient (Wildman–Crippen LogP) is 4.31. The highest BCUT2D eigenvalue weighted by molar-refractivity contribution is 9.10. The Hall–Kier alpha value is -0.580. The van der Waals surface area contributed by atoms with E-state index >= 15 is 0 Å². The summed E-state index contributed by atoms with van der Waals surface area (Å²) in [5, 5.41) is 3.40. The Morgan fingerprint density at radius 3 is 2.50 bits per heavy atom. The number of halogens is 1. The SMILES string of the molecule is CCNC(C)c1ccc(OCCOC(C)(C)C)cc1Br. The first kappa shape index (κ1) is 17.5. The van der Waals surface area contributed by atoms with E-state index in [-0.39, 0.29) is 5.60 Å². The molecule has 0 heterocycles. The largest absolute Gasteiger partial charge is 0.491 e. The summed E-state index contributed by atoms with van der Waals surface area (Å²) in [6.45, 7) is 12.5. The molecule has 1 rings (SSSR count). The standard InChI is InChI=1S/C16H26BrNO2/c1-6-18-12(2)14-8-7-13(11-15(14)17)19-9-10-20-16(3,4)5/h7-8,11-12,18H,6,9-10H2,1-5H3. The van der Waals surface area contributed by atoms with Crippen LogP contribution in [0.25, 0.3) is 0 Å². The minimum Gasteiger partial charge on any atom is -0.491 e. The monoisotopic (exact) mass is 343 g/mol. The molecule has 0 amide bonds. The second kappa shape index (κ2) is 8.01. The van der Waals surface area contributed by atoms with Crippen LogP contribution in [0.5, 0.6) is 5.75 Å². The first-order valence-electron chi connectivity index (χ1n) is 7.13. The Balaban J connectivity index is 2.51. The summed E-state index contributed by atoms with van der Waals surface area (Å²) < 4.78 is 12.4. The van der Waals surface area contributed by atoms with Crippen molar-refractivity contribution in [1.29, 1.82) is 0 Å². The second-order valence-corrected chi connectivity index (χ2v) is 6.63. The summed E-state index contributed by atoms with van der Waals surface area (Å²) >= 11 is 3.61. The normalized spacial score (nSPS) is 13.3. The molecule has 0 saturated heterocycles. The van der Waals surface area contributed by atoms with Gasteiger partial charge in [-0.3, -0.25) is 0 Å². The summed E-state index contributed by atoms with van der Waals surface area (Å²) in [5.74, 6) is 0.863. The summed E-state index contributed by atoms with van der Waals surface area (Å²) in [7, 11) is 0. The number of rotatable bonds is 7. The van der Waals surface area contributed by atoms with Crippen molar-refractivity contribution in [1.82, 2.24) is 5.32 Å². The van der Waals surface area contributed by atoms with Crippen molar-refractivity contribution in [3.05, 3.63) is 28.2 Å². The third kappa shape index (κ3) is 6.25. The molecule has 1 unspecified atom stereocenters. The van der Waals surface area contributed by atoms with Gasteiger partial charge in [0.25, 0.3) is 0 Å². The Labute approximate surface area is 131 Å². The summed E-state index contributed by atoms with van der Waals surface area (Å²) in [5.41, 5.74) is 1.12. The lowest BCUT2D eigenvalue weighted by molar-refractivity contribution is -0.0163. The van der Waals surface area contributed by atoms with Crippen LogP contribution in [0.4, 0.5) is 0 Å². The molecule has 0 aliphatic rings. The van der Waals surface area contributed by atoms with E-state index in [1.54, 1.807) is 0 Å². The predicted molar refractivity (Wildman–Crippen MR) is 87.4 cm³/mol. The minimum atomic E-state index is -0.116. The third-order valence-corrected chi connectivity index (χ3v) is 3.52. The molecule has 0 fully saturated rings. The quantitative estimate of drug-likeness (QED) is 0.748. The maximum absolute atomic E-state index is 5.70. The molecule has 0 saturated carbocycles.